The smallest absolute Gasteiger partial charge is 0.221 e. The number of rotatable bonds is 10. The van der Waals surface area contributed by atoms with Crippen LogP contribution in [-0.2, 0) is 9.59 Å². The SMILES string of the molecule is CCCCCCOc1cc(Nc2ccc(NC(C)=O)cc2)ccc1NC(C)=O. The van der Waals surface area contributed by atoms with Crippen molar-refractivity contribution in [2.75, 3.05) is 22.6 Å². The van der Waals surface area contributed by atoms with Crippen molar-refractivity contribution in [1.82, 2.24) is 0 Å². The molecular weight excluding hydrogens is 354 g/mol. The Bertz CT molecular complexity index is 788. The fourth-order valence-electron chi connectivity index (χ4n) is 2.73. The molecule has 2 amide bonds. The first-order chi connectivity index (χ1) is 13.5. The molecule has 0 aromatic heterocycles. The topological polar surface area (TPSA) is 79.5 Å². The molecule has 2 aromatic carbocycles. The van der Waals surface area contributed by atoms with Gasteiger partial charge in [0.1, 0.15) is 5.75 Å². The summed E-state index contributed by atoms with van der Waals surface area (Å²) in [5, 5.41) is 8.86. The number of anilines is 4. The first-order valence-corrected chi connectivity index (χ1v) is 9.67. The van der Waals surface area contributed by atoms with Gasteiger partial charge in [-0.3, -0.25) is 9.59 Å². The maximum Gasteiger partial charge on any atom is 0.221 e. The lowest BCUT2D eigenvalue weighted by molar-refractivity contribution is -0.115. The normalized spacial score (nSPS) is 10.2. The largest absolute Gasteiger partial charge is 0.491 e. The fourth-order valence-corrected chi connectivity index (χ4v) is 2.73. The predicted octanol–water partition coefficient (Wildman–Crippen LogP) is 5.31. The summed E-state index contributed by atoms with van der Waals surface area (Å²) in [6.07, 6.45) is 4.48. The Morgan fingerprint density at radius 3 is 2.11 bits per heavy atom. The maximum atomic E-state index is 11.5. The highest BCUT2D eigenvalue weighted by Gasteiger charge is 2.08. The van der Waals surface area contributed by atoms with E-state index < -0.39 is 0 Å². The summed E-state index contributed by atoms with van der Waals surface area (Å²) >= 11 is 0. The van der Waals surface area contributed by atoms with Crippen molar-refractivity contribution in [2.24, 2.45) is 0 Å². The molecule has 2 rings (SSSR count). The molecule has 0 atom stereocenters. The Balaban J connectivity index is 2.07. The number of carbonyl (C=O) groups excluding carboxylic acids is 2. The Morgan fingerprint density at radius 1 is 0.821 bits per heavy atom. The van der Waals surface area contributed by atoms with Gasteiger partial charge >= 0.3 is 0 Å². The number of amides is 2. The summed E-state index contributed by atoms with van der Waals surface area (Å²) in [7, 11) is 0. The van der Waals surface area contributed by atoms with Gasteiger partial charge in [0.05, 0.1) is 12.3 Å². The van der Waals surface area contributed by atoms with Crippen LogP contribution in [0, 0.1) is 0 Å². The highest BCUT2D eigenvalue weighted by molar-refractivity contribution is 5.91. The average Bonchev–Trinajstić information content (AvgIpc) is 2.64. The molecule has 3 N–H and O–H groups in total. The lowest BCUT2D eigenvalue weighted by Gasteiger charge is -2.15. The molecule has 28 heavy (non-hydrogen) atoms. The summed E-state index contributed by atoms with van der Waals surface area (Å²) < 4.78 is 5.92. The molecule has 0 bridgehead atoms. The number of unbranched alkanes of at least 4 members (excludes halogenated alkanes) is 3. The number of carbonyl (C=O) groups is 2. The molecule has 0 saturated heterocycles. The van der Waals surface area contributed by atoms with Gasteiger partial charge in [-0.05, 0) is 42.8 Å². The van der Waals surface area contributed by atoms with Gasteiger partial charge in [-0.15, -0.1) is 0 Å². The van der Waals surface area contributed by atoms with Crippen molar-refractivity contribution in [3.8, 4) is 5.75 Å². The summed E-state index contributed by atoms with van der Waals surface area (Å²) in [5.74, 6) is 0.409. The first-order valence-electron chi connectivity index (χ1n) is 9.67. The van der Waals surface area contributed by atoms with Crippen molar-refractivity contribution in [1.29, 1.82) is 0 Å². The van der Waals surface area contributed by atoms with E-state index in [0.717, 1.165) is 29.9 Å². The highest BCUT2D eigenvalue weighted by atomic mass is 16.5. The summed E-state index contributed by atoms with van der Waals surface area (Å²) in [5.41, 5.74) is 3.14. The third-order valence-corrected chi connectivity index (χ3v) is 4.04. The van der Waals surface area contributed by atoms with Crippen molar-refractivity contribution in [3.63, 3.8) is 0 Å². The maximum absolute atomic E-state index is 11.5. The standard InChI is InChI=1S/C22H29N3O3/c1-4-5-6-7-14-28-22-15-20(12-13-21(22)24-17(3)27)25-19-10-8-18(9-11-19)23-16(2)26/h8-13,15,25H,4-7,14H2,1-3H3,(H,23,26)(H,24,27). The molecule has 0 saturated carbocycles. The Labute approximate surface area is 166 Å². The van der Waals surface area contributed by atoms with Crippen LogP contribution in [0.4, 0.5) is 22.7 Å². The molecule has 6 nitrogen and oxygen atoms in total. The van der Waals surface area contributed by atoms with Gasteiger partial charge in [-0.25, -0.2) is 0 Å². The van der Waals surface area contributed by atoms with E-state index in [9.17, 15) is 9.59 Å². The van der Waals surface area contributed by atoms with Gasteiger partial charge in [0.2, 0.25) is 11.8 Å². The fraction of sp³-hybridized carbons (Fsp3) is 0.364. The number of benzene rings is 2. The van der Waals surface area contributed by atoms with Gasteiger partial charge in [0, 0.05) is 37.0 Å². The number of hydrogen-bond acceptors (Lipinski definition) is 4. The minimum Gasteiger partial charge on any atom is -0.491 e. The number of ether oxygens (including phenoxy) is 1. The van der Waals surface area contributed by atoms with Gasteiger partial charge in [0.25, 0.3) is 0 Å². The van der Waals surface area contributed by atoms with E-state index in [0.29, 0.717) is 18.0 Å². The molecule has 0 radical (unpaired) electrons. The lowest BCUT2D eigenvalue weighted by atomic mass is 10.2. The minimum atomic E-state index is -0.134. The highest BCUT2D eigenvalue weighted by Crippen LogP contribution is 2.30. The number of nitrogens with one attached hydrogen (secondary N) is 3. The molecular formula is C22H29N3O3. The molecule has 0 aliphatic carbocycles. The van der Waals surface area contributed by atoms with Crippen LogP contribution < -0.4 is 20.7 Å². The van der Waals surface area contributed by atoms with Crippen molar-refractivity contribution in [3.05, 3.63) is 42.5 Å². The van der Waals surface area contributed by atoms with Crippen LogP contribution in [0.5, 0.6) is 5.75 Å². The van der Waals surface area contributed by atoms with Crippen LogP contribution in [0.1, 0.15) is 46.5 Å². The van der Waals surface area contributed by atoms with E-state index in [1.807, 2.05) is 42.5 Å². The second-order valence-electron chi connectivity index (χ2n) is 6.68. The average molecular weight is 383 g/mol. The first kappa shape index (κ1) is 21.3. The van der Waals surface area contributed by atoms with Crippen LogP contribution in [0.2, 0.25) is 0 Å². The van der Waals surface area contributed by atoms with E-state index in [2.05, 4.69) is 22.9 Å². The van der Waals surface area contributed by atoms with Crippen molar-refractivity contribution < 1.29 is 14.3 Å². The second-order valence-corrected chi connectivity index (χ2v) is 6.68. The van der Waals surface area contributed by atoms with Crippen LogP contribution in [0.15, 0.2) is 42.5 Å². The van der Waals surface area contributed by atoms with Crippen LogP contribution in [0.3, 0.4) is 0 Å². The Kier molecular flexibility index (Phi) is 8.34. The van der Waals surface area contributed by atoms with Gasteiger partial charge < -0.3 is 20.7 Å². The van der Waals surface area contributed by atoms with Gasteiger partial charge in [-0.2, -0.15) is 0 Å². The molecule has 0 aliphatic rings. The van der Waals surface area contributed by atoms with E-state index in [4.69, 9.17) is 4.74 Å². The third kappa shape index (κ3) is 7.31. The predicted molar refractivity (Wildman–Crippen MR) is 114 cm³/mol. The molecule has 0 aliphatic heterocycles. The summed E-state index contributed by atoms with van der Waals surface area (Å²) in [6.45, 7) is 5.75. The van der Waals surface area contributed by atoms with Gasteiger partial charge in [0.15, 0.2) is 0 Å². The molecule has 0 spiro atoms. The van der Waals surface area contributed by atoms with Crippen LogP contribution in [0.25, 0.3) is 0 Å². The zero-order valence-electron chi connectivity index (χ0n) is 16.8. The molecule has 6 heteroatoms. The lowest BCUT2D eigenvalue weighted by Crippen LogP contribution is -2.09. The monoisotopic (exact) mass is 383 g/mol. The summed E-state index contributed by atoms with van der Waals surface area (Å²) in [4.78, 5) is 22.6. The summed E-state index contributed by atoms with van der Waals surface area (Å²) in [6, 6.07) is 13.0. The minimum absolute atomic E-state index is 0.102. The third-order valence-electron chi connectivity index (χ3n) is 4.04. The van der Waals surface area contributed by atoms with E-state index in [1.54, 1.807) is 0 Å². The zero-order valence-corrected chi connectivity index (χ0v) is 16.8. The van der Waals surface area contributed by atoms with Crippen molar-refractivity contribution in [2.45, 2.75) is 46.5 Å². The van der Waals surface area contributed by atoms with Crippen LogP contribution >= 0.6 is 0 Å². The molecule has 0 heterocycles. The van der Waals surface area contributed by atoms with Crippen molar-refractivity contribution >= 4 is 34.6 Å². The molecule has 2 aromatic rings. The Morgan fingerprint density at radius 2 is 1.46 bits per heavy atom. The molecule has 150 valence electrons. The van der Waals surface area contributed by atoms with E-state index in [1.165, 1.54) is 26.7 Å². The van der Waals surface area contributed by atoms with Gasteiger partial charge in [-0.1, -0.05) is 26.2 Å². The Hall–Kier alpha value is -3.02. The van der Waals surface area contributed by atoms with Crippen LogP contribution in [-0.4, -0.2) is 18.4 Å². The molecule has 0 unspecified atom stereocenters. The second kappa shape index (κ2) is 11.0. The number of hydrogen-bond donors (Lipinski definition) is 3. The zero-order chi connectivity index (χ0) is 20.4. The molecule has 0 fully saturated rings. The van der Waals surface area contributed by atoms with E-state index in [-0.39, 0.29) is 11.8 Å². The quantitative estimate of drug-likeness (QED) is 0.486. The van der Waals surface area contributed by atoms with E-state index >= 15 is 0 Å².